The fourth-order valence-electron chi connectivity index (χ4n) is 7.28. The second-order valence-corrected chi connectivity index (χ2v) is 16.0. The normalized spacial score (nSPS) is 11.8. The van der Waals surface area contributed by atoms with Crippen molar-refractivity contribution >= 4 is 35.0 Å². The first-order chi connectivity index (χ1) is 28.7. The van der Waals surface area contributed by atoms with Gasteiger partial charge in [-0.3, -0.25) is 19.2 Å². The fraction of sp³-hybridized carbons (Fsp3) is 0.667. The average Bonchev–Trinajstić information content (AvgIpc) is 3.20. The van der Waals surface area contributed by atoms with Crippen LogP contribution in [-0.2, 0) is 35.1 Å². The topological polar surface area (TPSA) is 162 Å². The summed E-state index contributed by atoms with van der Waals surface area (Å²) in [6.45, 7) is 4.32. The zero-order valence-corrected chi connectivity index (χ0v) is 36.0. The van der Waals surface area contributed by atoms with Gasteiger partial charge in [0.1, 0.15) is 29.7 Å². The molecule has 0 aromatic heterocycles. The Bertz CT molecular complexity index is 1700. The summed E-state index contributed by atoms with van der Waals surface area (Å²) >= 11 is 0. The molecule has 1 aromatic rings. The lowest BCUT2D eigenvalue weighted by atomic mass is 10.0. The van der Waals surface area contributed by atoms with Crippen LogP contribution in [0.5, 0.6) is 5.75 Å². The minimum absolute atomic E-state index is 0.0812. The van der Waals surface area contributed by atoms with Crippen LogP contribution in [-0.4, -0.2) is 41.6 Å². The molecule has 1 atom stereocenters. The first-order valence-corrected chi connectivity index (χ1v) is 22.8. The van der Waals surface area contributed by atoms with Crippen molar-refractivity contribution in [3.8, 4) is 17.2 Å². The number of aromatic nitrogens is 1. The fourth-order valence-corrected chi connectivity index (χ4v) is 7.28. The molecule has 0 radical (unpaired) electrons. The Morgan fingerprint density at radius 2 is 1.15 bits per heavy atom. The third kappa shape index (κ3) is 21.5. The van der Waals surface area contributed by atoms with Gasteiger partial charge in [0, 0.05) is 43.8 Å². The maximum Gasteiger partial charge on any atom is 0.311 e. The van der Waals surface area contributed by atoms with Crippen molar-refractivity contribution in [2.45, 2.75) is 200 Å². The number of aliphatic carboxylic acids is 1. The Hall–Kier alpha value is -4.28. The van der Waals surface area contributed by atoms with Crippen LogP contribution in [0.3, 0.4) is 0 Å². The number of fused-ring (bicyclic) bond motifs is 2. The van der Waals surface area contributed by atoms with Gasteiger partial charge >= 0.3 is 17.9 Å². The van der Waals surface area contributed by atoms with Crippen LogP contribution in [0.15, 0.2) is 39.5 Å². The lowest BCUT2D eigenvalue weighted by Gasteiger charge is -2.20. The van der Waals surface area contributed by atoms with Crippen LogP contribution in [0.4, 0.5) is 0 Å². The van der Waals surface area contributed by atoms with E-state index < -0.39 is 18.0 Å². The van der Waals surface area contributed by atoms with Crippen LogP contribution in [0.25, 0.3) is 22.6 Å². The van der Waals surface area contributed by atoms with Gasteiger partial charge in [0.15, 0.2) is 16.8 Å². The lowest BCUT2D eigenvalue weighted by molar-refractivity contribution is -0.305. The van der Waals surface area contributed by atoms with Crippen LogP contribution < -0.4 is 15.3 Å². The summed E-state index contributed by atoms with van der Waals surface area (Å²) < 4.78 is 23.0. The maximum atomic E-state index is 13.1. The van der Waals surface area contributed by atoms with E-state index in [4.69, 9.17) is 23.6 Å². The van der Waals surface area contributed by atoms with Gasteiger partial charge in [-0.2, -0.15) is 0 Å². The molecule has 0 saturated heterocycles. The predicted molar refractivity (Wildman–Crippen MR) is 228 cm³/mol. The summed E-state index contributed by atoms with van der Waals surface area (Å²) in [5.41, 5.74) is 1.23. The van der Waals surface area contributed by atoms with Crippen LogP contribution in [0.2, 0.25) is 0 Å². The second-order valence-electron chi connectivity index (χ2n) is 16.0. The van der Waals surface area contributed by atoms with Crippen LogP contribution in [0.1, 0.15) is 193 Å². The molecule has 328 valence electrons. The van der Waals surface area contributed by atoms with E-state index in [0.29, 0.717) is 29.6 Å². The molecular weight excluding hydrogens is 751 g/mol. The summed E-state index contributed by atoms with van der Waals surface area (Å²) in [6.07, 6.45) is 25.4. The monoisotopic (exact) mass is 821 g/mol. The number of hydrogen-bond donors (Lipinski definition) is 0. The van der Waals surface area contributed by atoms with Gasteiger partial charge in [0.05, 0.1) is 0 Å². The number of nitrogens with zero attached hydrogens (tertiary/aromatic N) is 1. The molecule has 1 aromatic carbocycles. The van der Waals surface area contributed by atoms with E-state index in [0.717, 1.165) is 38.5 Å². The molecule has 0 N–H and O–H groups in total. The van der Waals surface area contributed by atoms with Gasteiger partial charge in [0.25, 0.3) is 0 Å². The van der Waals surface area contributed by atoms with Crippen molar-refractivity contribution in [3.05, 3.63) is 46.1 Å². The molecule has 1 aliphatic heterocycles. The summed E-state index contributed by atoms with van der Waals surface area (Å²) in [5.74, 6) is -2.19. The molecule has 59 heavy (non-hydrogen) atoms. The molecule has 11 heteroatoms. The number of carbonyl (C=O) groups is 4. The first kappa shape index (κ1) is 49.1. The Morgan fingerprint density at radius 1 is 0.627 bits per heavy atom. The van der Waals surface area contributed by atoms with E-state index >= 15 is 0 Å². The Kier molecular flexibility index (Phi) is 24.8. The lowest BCUT2D eigenvalue weighted by Crippen LogP contribution is -2.28. The highest BCUT2D eigenvalue weighted by molar-refractivity contribution is 5.80. The van der Waals surface area contributed by atoms with Crippen molar-refractivity contribution < 1.29 is 42.9 Å². The summed E-state index contributed by atoms with van der Waals surface area (Å²) in [4.78, 5) is 66.4. The first-order valence-electron chi connectivity index (χ1n) is 22.8. The van der Waals surface area contributed by atoms with Crippen molar-refractivity contribution in [2.75, 3.05) is 6.61 Å². The molecular formula is C48H70NO10-. The molecule has 11 nitrogen and oxygen atoms in total. The molecule has 3 rings (SSSR count). The SMILES string of the molecule is CCCCCCCCCCCCCC(=O)OCC(Cc1cc(=O)cc2oc3cc(OC(=O)CCCC(=O)[O-])ccc3nc1-2)OC(=O)CCCCCCCCCCCCC. The minimum Gasteiger partial charge on any atom is -0.550 e. The maximum absolute atomic E-state index is 13.1. The third-order valence-corrected chi connectivity index (χ3v) is 10.6. The molecule has 2 aliphatic rings. The standard InChI is InChI=1S/C48H71NO10/c1-3-5-7-9-11-13-15-17-19-21-23-27-45(53)56-36-40(58-46(54)28-24-22-20-18-16-14-12-10-8-6-4-2)33-37-32-38(50)34-43-48(37)49-41-31-30-39(35-42(41)59-43)57-47(55)29-25-26-44(51)52/h30-32,34-35,40H,3-29,33,36H2,1-2H3,(H,51,52)/p-1. The summed E-state index contributed by atoms with van der Waals surface area (Å²) in [5, 5.41) is 10.7. The number of esters is 3. The van der Waals surface area contributed by atoms with Gasteiger partial charge in [0.2, 0.25) is 0 Å². The average molecular weight is 821 g/mol. The van der Waals surface area contributed by atoms with Gasteiger partial charge in [-0.15, -0.1) is 0 Å². The zero-order valence-electron chi connectivity index (χ0n) is 36.0. The quantitative estimate of drug-likeness (QED) is 0.0244. The number of carbonyl (C=O) groups excluding carboxylic acids is 4. The number of benzene rings is 2. The Morgan fingerprint density at radius 3 is 1.71 bits per heavy atom. The molecule has 0 amide bonds. The molecule has 0 fully saturated rings. The van der Waals surface area contributed by atoms with Crippen molar-refractivity contribution in [3.63, 3.8) is 0 Å². The summed E-state index contributed by atoms with van der Waals surface area (Å²) in [6, 6.07) is 7.37. The highest BCUT2D eigenvalue weighted by Crippen LogP contribution is 2.30. The van der Waals surface area contributed by atoms with E-state index in [2.05, 4.69) is 13.8 Å². The number of carboxylic acid groups (broad SMARTS) is 1. The molecule has 1 aliphatic carbocycles. The van der Waals surface area contributed by atoms with Crippen LogP contribution >= 0.6 is 0 Å². The van der Waals surface area contributed by atoms with Crippen LogP contribution in [0, 0.1) is 0 Å². The van der Waals surface area contributed by atoms with E-state index in [1.54, 1.807) is 12.1 Å². The number of rotatable bonds is 34. The molecule has 0 saturated carbocycles. The van der Waals surface area contributed by atoms with Crippen molar-refractivity contribution in [2.24, 2.45) is 0 Å². The zero-order chi connectivity index (χ0) is 42.5. The van der Waals surface area contributed by atoms with E-state index in [1.165, 1.54) is 115 Å². The van der Waals surface area contributed by atoms with E-state index in [1.807, 2.05) is 0 Å². The third-order valence-electron chi connectivity index (χ3n) is 10.6. The number of ether oxygens (including phenoxy) is 3. The Labute approximate surface area is 351 Å². The molecule has 0 bridgehead atoms. The second kappa shape index (κ2) is 29.9. The molecule has 1 heterocycles. The van der Waals surface area contributed by atoms with Gasteiger partial charge in [-0.25, -0.2) is 4.98 Å². The van der Waals surface area contributed by atoms with Gasteiger partial charge in [-0.05, 0) is 49.4 Å². The Balaban J connectivity index is 1.59. The van der Waals surface area contributed by atoms with Gasteiger partial charge in [-0.1, -0.05) is 142 Å². The molecule has 1 unspecified atom stereocenters. The smallest absolute Gasteiger partial charge is 0.311 e. The summed E-state index contributed by atoms with van der Waals surface area (Å²) in [7, 11) is 0. The number of unbranched alkanes of at least 4 members (excludes halogenated alkanes) is 20. The highest BCUT2D eigenvalue weighted by Gasteiger charge is 2.23. The minimum atomic E-state index is -1.24. The van der Waals surface area contributed by atoms with Gasteiger partial charge < -0.3 is 28.5 Å². The molecule has 0 spiro atoms. The van der Waals surface area contributed by atoms with E-state index in [9.17, 15) is 29.1 Å². The highest BCUT2D eigenvalue weighted by atomic mass is 16.6. The predicted octanol–water partition coefficient (Wildman–Crippen LogP) is 10.5. The number of hydrogen-bond acceptors (Lipinski definition) is 11. The largest absolute Gasteiger partial charge is 0.550 e. The van der Waals surface area contributed by atoms with Crippen molar-refractivity contribution in [1.82, 2.24) is 4.98 Å². The van der Waals surface area contributed by atoms with E-state index in [-0.39, 0.29) is 73.2 Å². The van der Waals surface area contributed by atoms with Crippen molar-refractivity contribution in [1.29, 1.82) is 0 Å². The number of carboxylic acids is 1.